The van der Waals surface area contributed by atoms with Gasteiger partial charge in [0, 0.05) is 11.6 Å². The smallest absolute Gasteiger partial charge is 0.160 e. The standard InChI is InChI=1S/C17H18N2S/c1-12-7-3-4-8-13(12)15-11-18-17(20-2)19-16-10-6-5-9-14(15)16/h3-10,15H,11H2,1-2H3,(H,18,19). The number of anilines is 1. The molecule has 2 aromatic carbocycles. The maximum absolute atomic E-state index is 4.72. The summed E-state index contributed by atoms with van der Waals surface area (Å²) in [7, 11) is 0. The number of nitrogens with one attached hydrogen (secondary N) is 1. The fraction of sp³-hybridized carbons (Fsp3) is 0.235. The van der Waals surface area contributed by atoms with Gasteiger partial charge in [-0.1, -0.05) is 54.2 Å². The molecule has 2 aromatic rings. The molecule has 1 heterocycles. The Kier molecular flexibility index (Phi) is 3.79. The molecule has 1 aliphatic heterocycles. The van der Waals surface area contributed by atoms with Crippen LogP contribution in [0.4, 0.5) is 5.69 Å². The number of nitrogens with zero attached hydrogens (tertiary/aromatic N) is 1. The van der Waals surface area contributed by atoms with Crippen LogP contribution in [0.5, 0.6) is 0 Å². The van der Waals surface area contributed by atoms with Gasteiger partial charge in [0.25, 0.3) is 0 Å². The van der Waals surface area contributed by atoms with Gasteiger partial charge in [-0.25, -0.2) is 0 Å². The van der Waals surface area contributed by atoms with Gasteiger partial charge in [0.2, 0.25) is 0 Å². The van der Waals surface area contributed by atoms with Crippen molar-refractivity contribution in [3.8, 4) is 0 Å². The van der Waals surface area contributed by atoms with Gasteiger partial charge in [-0.2, -0.15) is 0 Å². The van der Waals surface area contributed by atoms with Crippen LogP contribution in [-0.4, -0.2) is 18.0 Å². The Morgan fingerprint density at radius 2 is 1.75 bits per heavy atom. The van der Waals surface area contributed by atoms with Gasteiger partial charge in [-0.05, 0) is 35.9 Å². The van der Waals surface area contributed by atoms with Crippen molar-refractivity contribution in [2.45, 2.75) is 12.8 Å². The van der Waals surface area contributed by atoms with Crippen molar-refractivity contribution in [1.82, 2.24) is 0 Å². The van der Waals surface area contributed by atoms with Crippen molar-refractivity contribution in [2.24, 2.45) is 4.99 Å². The normalized spacial score (nSPS) is 17.7. The summed E-state index contributed by atoms with van der Waals surface area (Å²) in [5, 5.41) is 4.44. The number of rotatable bonds is 1. The lowest BCUT2D eigenvalue weighted by atomic mass is 9.88. The number of amidine groups is 1. The Morgan fingerprint density at radius 1 is 1.05 bits per heavy atom. The predicted molar refractivity (Wildman–Crippen MR) is 88.9 cm³/mol. The highest BCUT2D eigenvalue weighted by Crippen LogP contribution is 2.34. The van der Waals surface area contributed by atoms with Crippen LogP contribution in [-0.2, 0) is 0 Å². The number of hydrogen-bond acceptors (Lipinski definition) is 3. The Balaban J connectivity index is 2.11. The van der Waals surface area contributed by atoms with Crippen molar-refractivity contribution in [2.75, 3.05) is 18.1 Å². The first-order valence-corrected chi connectivity index (χ1v) is 8.02. The fourth-order valence-electron chi connectivity index (χ4n) is 2.70. The number of thioether (sulfide) groups is 1. The molecule has 0 amide bonds. The molecule has 0 radical (unpaired) electrons. The number of aryl methyl sites for hydroxylation is 1. The third-order valence-electron chi connectivity index (χ3n) is 3.75. The summed E-state index contributed by atoms with van der Waals surface area (Å²) in [5.41, 5.74) is 5.20. The van der Waals surface area contributed by atoms with Crippen molar-refractivity contribution >= 4 is 22.6 Å². The lowest BCUT2D eigenvalue weighted by Crippen LogP contribution is -2.07. The van der Waals surface area contributed by atoms with Crippen molar-refractivity contribution in [3.05, 3.63) is 65.2 Å². The van der Waals surface area contributed by atoms with Gasteiger partial charge in [0.05, 0.1) is 6.54 Å². The van der Waals surface area contributed by atoms with Crippen molar-refractivity contribution in [3.63, 3.8) is 0 Å². The van der Waals surface area contributed by atoms with Crippen LogP contribution in [0.2, 0.25) is 0 Å². The summed E-state index contributed by atoms with van der Waals surface area (Å²) in [6.07, 6.45) is 2.06. The zero-order valence-electron chi connectivity index (χ0n) is 11.8. The molecule has 0 saturated carbocycles. The molecular formula is C17H18N2S. The van der Waals surface area contributed by atoms with Crippen LogP contribution in [0.25, 0.3) is 0 Å². The average molecular weight is 282 g/mol. The highest BCUT2D eigenvalue weighted by Gasteiger charge is 2.21. The second-order valence-corrected chi connectivity index (χ2v) is 5.77. The van der Waals surface area contributed by atoms with E-state index in [-0.39, 0.29) is 0 Å². The van der Waals surface area contributed by atoms with Gasteiger partial charge in [-0.3, -0.25) is 4.99 Å². The summed E-state index contributed by atoms with van der Waals surface area (Å²) in [6.45, 7) is 2.97. The molecule has 0 aromatic heterocycles. The van der Waals surface area contributed by atoms with Gasteiger partial charge in [0.1, 0.15) is 0 Å². The Morgan fingerprint density at radius 3 is 2.50 bits per heavy atom. The second kappa shape index (κ2) is 5.71. The Labute approximate surface area is 124 Å². The number of fused-ring (bicyclic) bond motifs is 1. The zero-order chi connectivity index (χ0) is 13.9. The molecule has 3 heteroatoms. The van der Waals surface area contributed by atoms with E-state index in [1.807, 2.05) is 0 Å². The first kappa shape index (κ1) is 13.3. The molecule has 1 atom stereocenters. The van der Waals surface area contributed by atoms with E-state index in [4.69, 9.17) is 4.99 Å². The molecule has 0 spiro atoms. The molecule has 1 N–H and O–H groups in total. The highest BCUT2D eigenvalue weighted by atomic mass is 32.2. The third-order valence-corrected chi connectivity index (χ3v) is 4.37. The molecule has 3 rings (SSSR count). The Bertz CT molecular complexity index is 649. The topological polar surface area (TPSA) is 24.4 Å². The SMILES string of the molecule is CSC1=NCC(c2ccccc2C)c2ccccc2N1. The summed E-state index contributed by atoms with van der Waals surface area (Å²) < 4.78 is 0. The summed E-state index contributed by atoms with van der Waals surface area (Å²) in [5.74, 6) is 0.324. The lowest BCUT2D eigenvalue weighted by Gasteiger charge is -2.18. The summed E-state index contributed by atoms with van der Waals surface area (Å²) in [6, 6.07) is 17.1. The summed E-state index contributed by atoms with van der Waals surface area (Å²) >= 11 is 1.66. The molecule has 1 unspecified atom stereocenters. The van der Waals surface area contributed by atoms with Gasteiger partial charge < -0.3 is 5.32 Å². The van der Waals surface area contributed by atoms with E-state index in [9.17, 15) is 0 Å². The largest absolute Gasteiger partial charge is 0.335 e. The molecule has 0 fully saturated rings. The van der Waals surface area contributed by atoms with Crippen molar-refractivity contribution < 1.29 is 0 Å². The summed E-state index contributed by atoms with van der Waals surface area (Å²) in [4.78, 5) is 4.72. The molecule has 20 heavy (non-hydrogen) atoms. The lowest BCUT2D eigenvalue weighted by molar-refractivity contribution is 0.823. The number of aliphatic imine (C=N–C) groups is 1. The molecule has 0 bridgehead atoms. The highest BCUT2D eigenvalue weighted by molar-refractivity contribution is 8.13. The molecular weight excluding hydrogens is 264 g/mol. The molecule has 0 saturated heterocycles. The van der Waals surface area contributed by atoms with E-state index in [0.717, 1.165) is 11.7 Å². The van der Waals surface area contributed by atoms with E-state index in [1.165, 1.54) is 22.4 Å². The number of benzene rings is 2. The van der Waals surface area contributed by atoms with E-state index < -0.39 is 0 Å². The average Bonchev–Trinajstić information content (AvgIpc) is 2.67. The minimum Gasteiger partial charge on any atom is -0.335 e. The predicted octanol–water partition coefficient (Wildman–Crippen LogP) is 4.27. The fourth-order valence-corrected chi connectivity index (χ4v) is 3.12. The third kappa shape index (κ3) is 2.46. The van der Waals surface area contributed by atoms with E-state index >= 15 is 0 Å². The minimum atomic E-state index is 0.324. The number of hydrogen-bond donors (Lipinski definition) is 1. The van der Waals surface area contributed by atoms with Crippen LogP contribution < -0.4 is 5.32 Å². The second-order valence-electron chi connectivity index (χ2n) is 4.97. The first-order chi connectivity index (χ1) is 9.79. The number of para-hydroxylation sites is 1. The zero-order valence-corrected chi connectivity index (χ0v) is 12.6. The van der Waals surface area contributed by atoms with E-state index in [2.05, 4.69) is 67.0 Å². The van der Waals surface area contributed by atoms with Crippen LogP contribution in [0.3, 0.4) is 0 Å². The molecule has 1 aliphatic rings. The first-order valence-electron chi connectivity index (χ1n) is 6.79. The van der Waals surface area contributed by atoms with Gasteiger partial charge in [-0.15, -0.1) is 0 Å². The Hall–Kier alpha value is -1.74. The molecule has 2 nitrogen and oxygen atoms in total. The maximum Gasteiger partial charge on any atom is 0.160 e. The maximum atomic E-state index is 4.72. The van der Waals surface area contributed by atoms with Crippen LogP contribution in [0, 0.1) is 6.92 Å². The van der Waals surface area contributed by atoms with E-state index in [1.54, 1.807) is 11.8 Å². The van der Waals surface area contributed by atoms with Crippen LogP contribution >= 0.6 is 11.8 Å². The monoisotopic (exact) mass is 282 g/mol. The van der Waals surface area contributed by atoms with Gasteiger partial charge in [0.15, 0.2) is 5.17 Å². The quantitative estimate of drug-likeness (QED) is 0.844. The van der Waals surface area contributed by atoms with Crippen LogP contribution in [0.1, 0.15) is 22.6 Å². The van der Waals surface area contributed by atoms with Crippen LogP contribution in [0.15, 0.2) is 53.5 Å². The minimum absolute atomic E-state index is 0.324. The molecule has 0 aliphatic carbocycles. The van der Waals surface area contributed by atoms with E-state index in [0.29, 0.717) is 5.92 Å². The molecule has 102 valence electrons. The van der Waals surface area contributed by atoms with Gasteiger partial charge >= 0.3 is 0 Å². The van der Waals surface area contributed by atoms with Crippen molar-refractivity contribution in [1.29, 1.82) is 0 Å².